The highest BCUT2D eigenvalue weighted by atomic mass is 79.9. The van der Waals surface area contributed by atoms with Gasteiger partial charge in [0, 0.05) is 21.1 Å². The maximum absolute atomic E-state index is 11.6. The summed E-state index contributed by atoms with van der Waals surface area (Å²) >= 11 is 4.96. The van der Waals surface area contributed by atoms with Crippen LogP contribution in [0.25, 0.3) is 10.6 Å². The van der Waals surface area contributed by atoms with Crippen molar-refractivity contribution in [1.29, 1.82) is 0 Å². The highest BCUT2D eigenvalue weighted by Crippen LogP contribution is 2.26. The number of nitrogens with one attached hydrogen (secondary N) is 1. The topological polar surface area (TPSA) is 51.2 Å². The number of rotatable bonds is 3. The van der Waals surface area contributed by atoms with Crippen LogP contribution in [0.4, 0.5) is 4.79 Å². The second-order valence-electron chi connectivity index (χ2n) is 5.49. The van der Waals surface area contributed by atoms with Crippen molar-refractivity contribution in [2.24, 2.45) is 0 Å². The molecular weight excluding hydrogens is 352 g/mol. The van der Waals surface area contributed by atoms with E-state index in [9.17, 15) is 4.79 Å². The maximum Gasteiger partial charge on any atom is 0.407 e. The molecule has 0 saturated heterocycles. The van der Waals surface area contributed by atoms with E-state index in [2.05, 4.69) is 26.2 Å². The van der Waals surface area contributed by atoms with Gasteiger partial charge in [-0.3, -0.25) is 0 Å². The number of amides is 1. The standard InChI is InChI=1S/C15H17BrN2O2S/c1-15(2,3)20-14(19)18-9-12-8-17-13(21-12)10-4-6-11(16)7-5-10/h4-8H,9H2,1-3H3,(H,18,19). The van der Waals surface area contributed by atoms with Crippen molar-refractivity contribution in [1.82, 2.24) is 10.3 Å². The molecule has 0 bridgehead atoms. The van der Waals surface area contributed by atoms with Crippen LogP contribution in [-0.2, 0) is 11.3 Å². The molecule has 0 aliphatic carbocycles. The number of nitrogens with zero attached hydrogens (tertiary/aromatic N) is 1. The van der Waals surface area contributed by atoms with E-state index in [1.807, 2.05) is 45.0 Å². The summed E-state index contributed by atoms with van der Waals surface area (Å²) in [4.78, 5) is 17.0. The third kappa shape index (κ3) is 5.13. The van der Waals surface area contributed by atoms with E-state index >= 15 is 0 Å². The summed E-state index contributed by atoms with van der Waals surface area (Å²) in [6, 6.07) is 7.98. The molecule has 2 aromatic rings. The molecule has 1 heterocycles. The van der Waals surface area contributed by atoms with Crippen molar-refractivity contribution in [3.05, 3.63) is 39.8 Å². The lowest BCUT2D eigenvalue weighted by Crippen LogP contribution is -2.31. The minimum absolute atomic E-state index is 0.416. The monoisotopic (exact) mass is 368 g/mol. The second kappa shape index (κ2) is 6.58. The zero-order chi connectivity index (χ0) is 15.5. The van der Waals surface area contributed by atoms with E-state index < -0.39 is 11.7 Å². The maximum atomic E-state index is 11.6. The molecule has 0 spiro atoms. The molecule has 0 saturated carbocycles. The molecule has 0 atom stereocenters. The van der Waals surface area contributed by atoms with Crippen LogP contribution in [0, 0.1) is 0 Å². The van der Waals surface area contributed by atoms with Crippen LogP contribution in [0.3, 0.4) is 0 Å². The number of ether oxygens (including phenoxy) is 1. The smallest absolute Gasteiger partial charge is 0.407 e. The van der Waals surface area contributed by atoms with Gasteiger partial charge in [-0.1, -0.05) is 28.1 Å². The van der Waals surface area contributed by atoms with Crippen molar-refractivity contribution < 1.29 is 9.53 Å². The van der Waals surface area contributed by atoms with Gasteiger partial charge in [0.1, 0.15) is 10.6 Å². The molecule has 0 radical (unpaired) electrons. The van der Waals surface area contributed by atoms with Crippen LogP contribution < -0.4 is 5.32 Å². The van der Waals surface area contributed by atoms with Gasteiger partial charge in [-0.15, -0.1) is 11.3 Å². The minimum atomic E-state index is -0.486. The Morgan fingerprint density at radius 2 is 2.00 bits per heavy atom. The first kappa shape index (κ1) is 16.0. The Labute approximate surface area is 136 Å². The Morgan fingerprint density at radius 1 is 1.33 bits per heavy atom. The molecule has 0 unspecified atom stereocenters. The van der Waals surface area contributed by atoms with Crippen LogP contribution in [0.15, 0.2) is 34.9 Å². The molecule has 6 heteroatoms. The lowest BCUT2D eigenvalue weighted by Gasteiger charge is -2.19. The van der Waals surface area contributed by atoms with E-state index in [1.54, 1.807) is 17.5 Å². The summed E-state index contributed by atoms with van der Waals surface area (Å²) in [5.74, 6) is 0. The number of alkyl carbamates (subject to hydrolysis) is 1. The number of aromatic nitrogens is 1. The van der Waals surface area contributed by atoms with E-state index in [-0.39, 0.29) is 0 Å². The quantitative estimate of drug-likeness (QED) is 0.861. The average Bonchev–Trinajstić information content (AvgIpc) is 2.84. The minimum Gasteiger partial charge on any atom is -0.444 e. The Kier molecular flexibility index (Phi) is 5.00. The van der Waals surface area contributed by atoms with Crippen LogP contribution >= 0.6 is 27.3 Å². The molecular formula is C15H17BrN2O2S. The summed E-state index contributed by atoms with van der Waals surface area (Å²) in [7, 11) is 0. The fraction of sp³-hybridized carbons (Fsp3) is 0.333. The Morgan fingerprint density at radius 3 is 2.62 bits per heavy atom. The molecule has 1 aromatic carbocycles. The fourth-order valence-electron chi connectivity index (χ4n) is 1.59. The number of carbonyl (C=O) groups excluding carboxylic acids is 1. The molecule has 0 aliphatic heterocycles. The highest BCUT2D eigenvalue weighted by Gasteiger charge is 2.16. The Balaban J connectivity index is 1.94. The van der Waals surface area contributed by atoms with Gasteiger partial charge in [0.15, 0.2) is 0 Å². The van der Waals surface area contributed by atoms with E-state index in [1.165, 1.54) is 0 Å². The van der Waals surface area contributed by atoms with Gasteiger partial charge in [0.25, 0.3) is 0 Å². The normalized spacial score (nSPS) is 11.2. The Bertz CT molecular complexity index is 617. The van der Waals surface area contributed by atoms with Crippen molar-refractivity contribution in [2.75, 3.05) is 0 Å². The summed E-state index contributed by atoms with van der Waals surface area (Å²) in [5, 5.41) is 3.66. The van der Waals surface area contributed by atoms with Gasteiger partial charge in [-0.05, 0) is 32.9 Å². The largest absolute Gasteiger partial charge is 0.444 e. The average molecular weight is 369 g/mol. The SMILES string of the molecule is CC(C)(C)OC(=O)NCc1cnc(-c2ccc(Br)cc2)s1. The molecule has 1 N–H and O–H groups in total. The first-order valence-corrected chi connectivity index (χ1v) is 8.12. The molecule has 112 valence electrons. The van der Waals surface area contributed by atoms with Crippen molar-refractivity contribution >= 4 is 33.4 Å². The van der Waals surface area contributed by atoms with Crippen LogP contribution in [0.1, 0.15) is 25.6 Å². The lowest BCUT2D eigenvalue weighted by atomic mass is 10.2. The number of hydrogen-bond donors (Lipinski definition) is 1. The highest BCUT2D eigenvalue weighted by molar-refractivity contribution is 9.10. The van der Waals surface area contributed by atoms with Crippen molar-refractivity contribution in [3.8, 4) is 10.6 Å². The van der Waals surface area contributed by atoms with Gasteiger partial charge < -0.3 is 10.1 Å². The van der Waals surface area contributed by atoms with Gasteiger partial charge in [0.2, 0.25) is 0 Å². The summed E-state index contributed by atoms with van der Waals surface area (Å²) < 4.78 is 6.23. The molecule has 4 nitrogen and oxygen atoms in total. The number of hydrogen-bond acceptors (Lipinski definition) is 4. The van der Waals surface area contributed by atoms with E-state index in [4.69, 9.17) is 4.74 Å². The predicted octanol–water partition coefficient (Wildman–Crippen LogP) is 4.60. The molecule has 0 aliphatic rings. The van der Waals surface area contributed by atoms with E-state index in [0.717, 1.165) is 19.9 Å². The second-order valence-corrected chi connectivity index (χ2v) is 7.52. The fourth-order valence-corrected chi connectivity index (χ4v) is 2.71. The van der Waals surface area contributed by atoms with Crippen molar-refractivity contribution in [2.45, 2.75) is 32.9 Å². The number of halogens is 1. The molecule has 1 aromatic heterocycles. The number of benzene rings is 1. The number of thiazole rings is 1. The van der Waals surface area contributed by atoms with Crippen LogP contribution in [0.5, 0.6) is 0 Å². The predicted molar refractivity (Wildman–Crippen MR) is 88.3 cm³/mol. The summed E-state index contributed by atoms with van der Waals surface area (Å²) in [5.41, 5.74) is 0.576. The first-order valence-electron chi connectivity index (χ1n) is 6.51. The van der Waals surface area contributed by atoms with E-state index in [0.29, 0.717) is 6.54 Å². The van der Waals surface area contributed by atoms with Gasteiger partial charge in [-0.25, -0.2) is 9.78 Å². The molecule has 21 heavy (non-hydrogen) atoms. The third-order valence-corrected chi connectivity index (χ3v) is 4.03. The van der Waals surface area contributed by atoms with Gasteiger partial charge in [0.05, 0.1) is 6.54 Å². The molecule has 1 amide bonds. The third-order valence-electron chi connectivity index (χ3n) is 2.45. The Hall–Kier alpha value is -1.40. The van der Waals surface area contributed by atoms with Crippen LogP contribution in [0.2, 0.25) is 0 Å². The van der Waals surface area contributed by atoms with Crippen molar-refractivity contribution in [3.63, 3.8) is 0 Å². The zero-order valence-corrected chi connectivity index (χ0v) is 14.5. The lowest BCUT2D eigenvalue weighted by molar-refractivity contribution is 0.0524. The number of carbonyl (C=O) groups is 1. The zero-order valence-electron chi connectivity index (χ0n) is 12.1. The molecule has 0 fully saturated rings. The van der Waals surface area contributed by atoms with Crippen LogP contribution in [-0.4, -0.2) is 16.7 Å². The van der Waals surface area contributed by atoms with Gasteiger partial charge >= 0.3 is 6.09 Å². The first-order chi connectivity index (χ1) is 9.83. The van der Waals surface area contributed by atoms with Gasteiger partial charge in [-0.2, -0.15) is 0 Å². The summed E-state index contributed by atoms with van der Waals surface area (Å²) in [6.07, 6.45) is 1.36. The summed E-state index contributed by atoms with van der Waals surface area (Å²) in [6.45, 7) is 5.93. The molecule has 2 rings (SSSR count).